The molecule has 4 aliphatic rings. The van der Waals surface area contributed by atoms with Crippen LogP contribution in [0.3, 0.4) is 0 Å². The van der Waals surface area contributed by atoms with E-state index in [9.17, 15) is 20.4 Å². The molecule has 0 unspecified atom stereocenters. The van der Waals surface area contributed by atoms with Crippen LogP contribution in [-0.4, -0.2) is 44.8 Å². The molecule has 4 saturated carbocycles. The van der Waals surface area contributed by atoms with Crippen molar-refractivity contribution in [3.8, 4) is 0 Å². The minimum absolute atomic E-state index is 0.0499. The Hall–Kier alpha value is -0.420. The second kappa shape index (κ2) is 8.42. The topological polar surface area (TPSA) is 80.9 Å². The lowest BCUT2D eigenvalue weighted by molar-refractivity contribution is -0.183. The molecular weight excluding hydrogens is 388 g/mol. The zero-order valence-electron chi connectivity index (χ0n) is 20.3. The third kappa shape index (κ3) is 3.74. The Morgan fingerprint density at radius 2 is 1.71 bits per heavy atom. The highest BCUT2D eigenvalue weighted by Crippen LogP contribution is 2.68. The van der Waals surface area contributed by atoms with E-state index < -0.39 is 12.2 Å². The van der Waals surface area contributed by atoms with Crippen molar-refractivity contribution in [1.29, 1.82) is 0 Å². The third-order valence-electron chi connectivity index (χ3n) is 10.8. The van der Waals surface area contributed by atoms with Gasteiger partial charge in [0.2, 0.25) is 0 Å². The molecule has 0 aliphatic heterocycles. The molecule has 0 saturated heterocycles. The van der Waals surface area contributed by atoms with Gasteiger partial charge in [0.15, 0.2) is 0 Å². The lowest BCUT2D eigenvalue weighted by atomic mass is 9.43. The van der Waals surface area contributed by atoms with E-state index in [1.165, 1.54) is 5.57 Å². The van der Waals surface area contributed by atoms with E-state index in [2.05, 4.69) is 40.7 Å². The van der Waals surface area contributed by atoms with E-state index in [4.69, 9.17) is 0 Å². The van der Waals surface area contributed by atoms with Gasteiger partial charge in [0, 0.05) is 0 Å². The Morgan fingerprint density at radius 3 is 2.39 bits per heavy atom. The number of aliphatic hydroxyl groups excluding tert-OH is 4. The fraction of sp³-hybridized carbons (Fsp3) is 0.926. The molecular formula is C27H46O4. The highest BCUT2D eigenvalue weighted by molar-refractivity contribution is 5.13. The molecule has 0 bridgehead atoms. The summed E-state index contributed by atoms with van der Waals surface area (Å²) in [6.45, 7) is 10.9. The smallest absolute Gasteiger partial charge is 0.0623 e. The van der Waals surface area contributed by atoms with Gasteiger partial charge in [-0.2, -0.15) is 0 Å². The Bertz CT molecular complexity index is 687. The molecule has 4 aliphatic carbocycles. The van der Waals surface area contributed by atoms with Crippen molar-refractivity contribution in [2.24, 2.45) is 46.3 Å². The minimum atomic E-state index is -0.426. The molecule has 0 radical (unpaired) electrons. The summed E-state index contributed by atoms with van der Waals surface area (Å²) in [4.78, 5) is 0. The predicted molar refractivity (Wildman–Crippen MR) is 123 cm³/mol. The Labute approximate surface area is 189 Å². The molecule has 31 heavy (non-hydrogen) atoms. The number of allylic oxidation sites excluding steroid dienone is 1. The van der Waals surface area contributed by atoms with Gasteiger partial charge in [0.1, 0.15) is 0 Å². The number of rotatable bonds is 4. The van der Waals surface area contributed by atoms with Crippen LogP contribution in [0.25, 0.3) is 0 Å². The predicted octanol–water partition coefficient (Wildman–Crippen LogP) is 4.30. The van der Waals surface area contributed by atoms with E-state index in [0.29, 0.717) is 36.5 Å². The standard InChI is InChI=1S/C27H46O4/c1-15(2)6-9-22(29)16(3)25-23(30)14-21-19-8-7-17-12-18(28)13-24(31)27(17,5)20(19)10-11-26(21,25)4/h6,16-25,28-31H,7-14H2,1-5H3/t16-,17+,18-,19-,20+,21+,22+,23+,24-,25+,26+,27+/m1/s1. The normalized spacial score (nSPS) is 51.3. The van der Waals surface area contributed by atoms with Crippen molar-refractivity contribution in [3.05, 3.63) is 11.6 Å². The van der Waals surface area contributed by atoms with Crippen LogP contribution >= 0.6 is 0 Å². The number of aliphatic hydroxyl groups is 4. The zero-order valence-corrected chi connectivity index (χ0v) is 20.3. The maximum absolute atomic E-state index is 11.2. The monoisotopic (exact) mass is 434 g/mol. The lowest BCUT2D eigenvalue weighted by Crippen LogP contribution is -2.59. The minimum Gasteiger partial charge on any atom is -0.393 e. The Balaban J connectivity index is 1.57. The van der Waals surface area contributed by atoms with Crippen LogP contribution in [0, 0.1) is 46.3 Å². The summed E-state index contributed by atoms with van der Waals surface area (Å²) in [5, 5.41) is 43.5. The summed E-state index contributed by atoms with van der Waals surface area (Å²) in [7, 11) is 0. The van der Waals surface area contributed by atoms with Crippen molar-refractivity contribution in [1.82, 2.24) is 0 Å². The molecule has 178 valence electrons. The fourth-order valence-corrected chi connectivity index (χ4v) is 9.11. The SMILES string of the molecule is CC(C)=CC[C@H](O)[C@@H](C)[C@H]1[C@@H](O)C[C@H]2[C@@H]3CC[C@H]4C[C@@H](O)C[C@@H](O)[C@]4(C)[C@H]3CC[C@]12C. The number of hydrogen-bond donors (Lipinski definition) is 4. The van der Waals surface area contributed by atoms with Crippen LogP contribution in [-0.2, 0) is 0 Å². The van der Waals surface area contributed by atoms with Crippen molar-refractivity contribution in [3.63, 3.8) is 0 Å². The van der Waals surface area contributed by atoms with Gasteiger partial charge in [-0.05, 0) is 112 Å². The van der Waals surface area contributed by atoms with Crippen LogP contribution < -0.4 is 0 Å². The highest BCUT2D eigenvalue weighted by Gasteiger charge is 2.64. The molecule has 4 N–H and O–H groups in total. The zero-order chi connectivity index (χ0) is 22.7. The summed E-state index contributed by atoms with van der Waals surface area (Å²) in [5.74, 6) is 2.07. The molecule has 0 spiro atoms. The molecule has 4 nitrogen and oxygen atoms in total. The van der Waals surface area contributed by atoms with Crippen molar-refractivity contribution in [2.75, 3.05) is 0 Å². The van der Waals surface area contributed by atoms with Crippen LogP contribution in [0.1, 0.15) is 86.0 Å². The number of hydrogen-bond acceptors (Lipinski definition) is 4. The van der Waals surface area contributed by atoms with Gasteiger partial charge in [-0.3, -0.25) is 0 Å². The van der Waals surface area contributed by atoms with E-state index in [1.807, 2.05) is 0 Å². The first-order chi connectivity index (χ1) is 14.5. The number of fused-ring (bicyclic) bond motifs is 5. The van der Waals surface area contributed by atoms with E-state index in [-0.39, 0.29) is 34.9 Å². The first kappa shape index (κ1) is 23.7. The fourth-order valence-electron chi connectivity index (χ4n) is 9.11. The molecule has 4 heteroatoms. The first-order valence-corrected chi connectivity index (χ1v) is 12.9. The molecule has 4 fully saturated rings. The molecule has 4 rings (SSSR count). The van der Waals surface area contributed by atoms with Crippen LogP contribution in [0.15, 0.2) is 11.6 Å². The van der Waals surface area contributed by atoms with Gasteiger partial charge in [-0.15, -0.1) is 0 Å². The lowest BCUT2D eigenvalue weighted by Gasteiger charge is -2.62. The van der Waals surface area contributed by atoms with Crippen LogP contribution in [0.4, 0.5) is 0 Å². The molecule has 0 heterocycles. The highest BCUT2D eigenvalue weighted by atomic mass is 16.3. The molecule has 0 amide bonds. The first-order valence-electron chi connectivity index (χ1n) is 12.9. The van der Waals surface area contributed by atoms with Gasteiger partial charge in [0.05, 0.1) is 24.4 Å². The van der Waals surface area contributed by atoms with E-state index in [1.54, 1.807) is 0 Å². The third-order valence-corrected chi connectivity index (χ3v) is 10.8. The quantitative estimate of drug-likeness (QED) is 0.497. The second-order valence-corrected chi connectivity index (χ2v) is 12.5. The van der Waals surface area contributed by atoms with Crippen molar-refractivity contribution in [2.45, 2.75) is 110 Å². The Kier molecular flexibility index (Phi) is 6.44. The maximum Gasteiger partial charge on any atom is 0.0623 e. The molecule has 0 aromatic carbocycles. The van der Waals surface area contributed by atoms with Gasteiger partial charge in [-0.1, -0.05) is 32.4 Å². The van der Waals surface area contributed by atoms with E-state index >= 15 is 0 Å². The van der Waals surface area contributed by atoms with E-state index in [0.717, 1.165) is 38.5 Å². The summed E-state index contributed by atoms with van der Waals surface area (Å²) in [6.07, 6.45) is 7.78. The summed E-state index contributed by atoms with van der Waals surface area (Å²) < 4.78 is 0. The van der Waals surface area contributed by atoms with Crippen molar-refractivity contribution < 1.29 is 20.4 Å². The largest absolute Gasteiger partial charge is 0.393 e. The summed E-state index contributed by atoms with van der Waals surface area (Å²) in [5.41, 5.74) is 1.17. The van der Waals surface area contributed by atoms with Gasteiger partial charge in [0.25, 0.3) is 0 Å². The summed E-state index contributed by atoms with van der Waals surface area (Å²) in [6, 6.07) is 0. The Morgan fingerprint density at radius 1 is 1.00 bits per heavy atom. The second-order valence-electron chi connectivity index (χ2n) is 12.5. The maximum atomic E-state index is 11.2. The van der Waals surface area contributed by atoms with Gasteiger partial charge in [-0.25, -0.2) is 0 Å². The summed E-state index contributed by atoms with van der Waals surface area (Å²) >= 11 is 0. The van der Waals surface area contributed by atoms with Crippen LogP contribution in [0.2, 0.25) is 0 Å². The average Bonchev–Trinajstić information content (AvgIpc) is 2.96. The molecule has 0 aromatic heterocycles. The van der Waals surface area contributed by atoms with Crippen molar-refractivity contribution >= 4 is 0 Å². The average molecular weight is 435 g/mol. The van der Waals surface area contributed by atoms with Gasteiger partial charge >= 0.3 is 0 Å². The van der Waals surface area contributed by atoms with Crippen LogP contribution in [0.5, 0.6) is 0 Å². The molecule has 12 atom stereocenters. The molecule has 0 aromatic rings. The van der Waals surface area contributed by atoms with Gasteiger partial charge < -0.3 is 20.4 Å².